The third-order valence-electron chi connectivity index (χ3n) is 5.32. The fourth-order valence-electron chi connectivity index (χ4n) is 3.77. The molecule has 0 unspecified atom stereocenters. The van der Waals surface area contributed by atoms with Crippen LogP contribution >= 0.6 is 0 Å². The number of aromatic amines is 1. The van der Waals surface area contributed by atoms with Gasteiger partial charge < -0.3 is 20.0 Å². The molecule has 0 bridgehead atoms. The Labute approximate surface area is 177 Å². The maximum atomic E-state index is 4.74. The average molecular weight is 403 g/mol. The molecule has 30 heavy (non-hydrogen) atoms. The van der Waals surface area contributed by atoms with Crippen LogP contribution in [0, 0.1) is 13.8 Å². The van der Waals surface area contributed by atoms with Crippen LogP contribution in [0.4, 0.5) is 0 Å². The van der Waals surface area contributed by atoms with Gasteiger partial charge in [-0.3, -0.25) is 4.99 Å². The lowest BCUT2D eigenvalue weighted by Gasteiger charge is -2.11. The van der Waals surface area contributed by atoms with Gasteiger partial charge in [0.05, 0.1) is 5.69 Å². The third-order valence-corrected chi connectivity index (χ3v) is 5.32. The van der Waals surface area contributed by atoms with E-state index in [0.717, 1.165) is 43.2 Å². The van der Waals surface area contributed by atoms with Crippen molar-refractivity contribution in [2.45, 2.75) is 33.6 Å². The van der Waals surface area contributed by atoms with Crippen molar-refractivity contribution < 1.29 is 0 Å². The number of aryl methyl sites for hydroxylation is 2. The van der Waals surface area contributed by atoms with E-state index in [1.165, 1.54) is 27.6 Å². The minimum absolute atomic E-state index is 0.699. The quantitative estimate of drug-likeness (QED) is 0.326. The van der Waals surface area contributed by atoms with Crippen molar-refractivity contribution in [1.29, 1.82) is 0 Å². The summed E-state index contributed by atoms with van der Waals surface area (Å²) >= 11 is 0. The number of hydrogen-bond acceptors (Lipinski definition) is 2. The van der Waals surface area contributed by atoms with Crippen LogP contribution in [-0.2, 0) is 12.8 Å². The molecule has 3 heterocycles. The highest BCUT2D eigenvalue weighted by Crippen LogP contribution is 2.19. The van der Waals surface area contributed by atoms with E-state index in [1.54, 1.807) is 0 Å². The first-order valence-corrected chi connectivity index (χ1v) is 10.7. The maximum Gasteiger partial charge on any atom is 0.191 e. The zero-order valence-electron chi connectivity index (χ0n) is 18.0. The molecule has 0 saturated carbocycles. The predicted octanol–water partition coefficient (Wildman–Crippen LogP) is 3.77. The molecule has 6 heteroatoms. The summed E-state index contributed by atoms with van der Waals surface area (Å²) in [4.78, 5) is 12.8. The third kappa shape index (κ3) is 4.48. The van der Waals surface area contributed by atoms with Crippen LogP contribution in [0.15, 0.2) is 53.9 Å². The molecule has 3 N–H and O–H groups in total. The van der Waals surface area contributed by atoms with Crippen LogP contribution in [0.2, 0.25) is 0 Å². The second-order valence-electron chi connectivity index (χ2n) is 7.70. The summed E-state index contributed by atoms with van der Waals surface area (Å²) in [7, 11) is 0. The second kappa shape index (κ2) is 9.03. The standard InChI is InChI=1S/C24H30N6/c1-4-25-24(26-11-9-19-15-28-22-14-17(2)7-8-21(19)22)27-12-10-20-16-30-13-5-6-18(3)23(30)29-20/h5-8,13-16,28H,4,9-12H2,1-3H3,(H2,25,26,27). The predicted molar refractivity (Wildman–Crippen MR) is 124 cm³/mol. The Morgan fingerprint density at radius 1 is 1.17 bits per heavy atom. The van der Waals surface area contributed by atoms with Gasteiger partial charge in [0.25, 0.3) is 0 Å². The Morgan fingerprint density at radius 3 is 2.90 bits per heavy atom. The van der Waals surface area contributed by atoms with Crippen molar-refractivity contribution >= 4 is 22.5 Å². The van der Waals surface area contributed by atoms with Crippen molar-refractivity contribution in [1.82, 2.24) is 25.0 Å². The zero-order chi connectivity index (χ0) is 20.9. The number of benzene rings is 1. The molecule has 0 fully saturated rings. The minimum atomic E-state index is 0.699. The van der Waals surface area contributed by atoms with Crippen LogP contribution in [-0.4, -0.2) is 40.0 Å². The molecular weight excluding hydrogens is 372 g/mol. The van der Waals surface area contributed by atoms with Crippen LogP contribution in [0.3, 0.4) is 0 Å². The molecule has 6 nitrogen and oxygen atoms in total. The molecule has 0 atom stereocenters. The summed E-state index contributed by atoms with van der Waals surface area (Å²) in [6, 6.07) is 10.7. The van der Waals surface area contributed by atoms with Crippen LogP contribution in [0.1, 0.15) is 29.3 Å². The molecule has 0 aliphatic carbocycles. The summed E-state index contributed by atoms with van der Waals surface area (Å²) in [6.07, 6.45) is 8.01. The Bertz CT molecular complexity index is 1170. The summed E-state index contributed by atoms with van der Waals surface area (Å²) in [5.41, 5.74) is 7.08. The molecule has 0 spiro atoms. The topological polar surface area (TPSA) is 69.5 Å². The van der Waals surface area contributed by atoms with E-state index in [4.69, 9.17) is 9.98 Å². The molecule has 0 radical (unpaired) electrons. The van der Waals surface area contributed by atoms with Gasteiger partial charge >= 0.3 is 0 Å². The summed E-state index contributed by atoms with van der Waals surface area (Å²) in [6.45, 7) is 8.67. The molecule has 0 aliphatic heterocycles. The normalized spacial score (nSPS) is 12.0. The number of rotatable bonds is 7. The number of H-pyrrole nitrogens is 1. The monoisotopic (exact) mass is 402 g/mol. The van der Waals surface area contributed by atoms with Crippen molar-refractivity contribution in [3.63, 3.8) is 0 Å². The highest BCUT2D eigenvalue weighted by molar-refractivity contribution is 5.84. The molecular formula is C24H30N6. The van der Waals surface area contributed by atoms with Gasteiger partial charge in [-0.1, -0.05) is 18.2 Å². The number of nitrogens with zero attached hydrogens (tertiary/aromatic N) is 3. The fraction of sp³-hybridized carbons (Fsp3) is 0.333. The zero-order valence-corrected chi connectivity index (χ0v) is 18.0. The Balaban J connectivity index is 1.34. The van der Waals surface area contributed by atoms with Gasteiger partial charge in [-0.15, -0.1) is 0 Å². The summed E-state index contributed by atoms with van der Waals surface area (Å²) in [5, 5.41) is 8.09. The molecule has 0 saturated heterocycles. The Kier molecular flexibility index (Phi) is 6.02. The van der Waals surface area contributed by atoms with E-state index in [-0.39, 0.29) is 0 Å². The van der Waals surface area contributed by atoms with E-state index in [1.807, 2.05) is 12.3 Å². The van der Waals surface area contributed by atoms with Crippen LogP contribution in [0.25, 0.3) is 16.6 Å². The summed E-state index contributed by atoms with van der Waals surface area (Å²) in [5.74, 6) is 0.855. The Hall–Kier alpha value is -3.28. The Morgan fingerprint density at radius 2 is 2.07 bits per heavy atom. The van der Waals surface area contributed by atoms with Gasteiger partial charge in [0.1, 0.15) is 5.65 Å². The number of pyridine rings is 1. The highest BCUT2D eigenvalue weighted by atomic mass is 15.2. The first-order chi connectivity index (χ1) is 14.6. The average Bonchev–Trinajstić information content (AvgIpc) is 3.32. The van der Waals surface area contributed by atoms with Crippen molar-refractivity contribution in [2.75, 3.05) is 19.6 Å². The largest absolute Gasteiger partial charge is 0.361 e. The van der Waals surface area contributed by atoms with Gasteiger partial charge in [-0.25, -0.2) is 4.98 Å². The van der Waals surface area contributed by atoms with E-state index in [0.29, 0.717) is 6.54 Å². The van der Waals surface area contributed by atoms with Crippen LogP contribution in [0.5, 0.6) is 0 Å². The lowest BCUT2D eigenvalue weighted by atomic mass is 10.1. The smallest absolute Gasteiger partial charge is 0.191 e. The molecule has 4 rings (SSSR count). The lowest BCUT2D eigenvalue weighted by molar-refractivity contribution is 0.797. The molecule has 0 aliphatic rings. The first-order valence-electron chi connectivity index (χ1n) is 10.7. The van der Waals surface area contributed by atoms with Crippen molar-refractivity contribution in [2.24, 2.45) is 4.99 Å². The summed E-state index contributed by atoms with van der Waals surface area (Å²) < 4.78 is 2.08. The number of nitrogens with one attached hydrogen (secondary N) is 3. The molecule has 4 aromatic rings. The number of aliphatic imine (C=N–C) groups is 1. The minimum Gasteiger partial charge on any atom is -0.361 e. The molecule has 156 valence electrons. The number of hydrogen-bond donors (Lipinski definition) is 3. The number of guanidine groups is 1. The number of imidazole rings is 1. The van der Waals surface area contributed by atoms with Gasteiger partial charge in [0.2, 0.25) is 0 Å². The molecule has 1 aromatic carbocycles. The van der Waals surface area contributed by atoms with Crippen molar-refractivity contribution in [3.8, 4) is 0 Å². The van der Waals surface area contributed by atoms with Gasteiger partial charge in [-0.05, 0) is 56.0 Å². The van der Waals surface area contributed by atoms with E-state index in [2.05, 4.69) is 77.4 Å². The fourth-order valence-corrected chi connectivity index (χ4v) is 3.77. The lowest BCUT2D eigenvalue weighted by Crippen LogP contribution is -2.38. The van der Waals surface area contributed by atoms with Gasteiger partial charge in [-0.2, -0.15) is 0 Å². The number of aromatic nitrogens is 3. The van der Waals surface area contributed by atoms with E-state index in [9.17, 15) is 0 Å². The van der Waals surface area contributed by atoms with Crippen LogP contribution < -0.4 is 10.6 Å². The molecule has 3 aromatic heterocycles. The SMILES string of the molecule is CCNC(=NCCc1cn2cccc(C)c2n1)NCCc1c[nH]c2cc(C)ccc12. The van der Waals surface area contributed by atoms with Crippen molar-refractivity contribution in [3.05, 3.63) is 71.3 Å². The first kappa shape index (κ1) is 20.0. The number of fused-ring (bicyclic) bond motifs is 2. The van der Waals surface area contributed by atoms with Gasteiger partial charge in [0.15, 0.2) is 5.96 Å². The second-order valence-corrected chi connectivity index (χ2v) is 7.70. The van der Waals surface area contributed by atoms with Gasteiger partial charge in [0, 0.05) is 55.5 Å². The van der Waals surface area contributed by atoms with E-state index < -0.39 is 0 Å². The highest BCUT2D eigenvalue weighted by Gasteiger charge is 2.06. The maximum absolute atomic E-state index is 4.74. The van der Waals surface area contributed by atoms with E-state index >= 15 is 0 Å². The molecule has 0 amide bonds.